The molecule has 9 heteroatoms. The zero-order valence-corrected chi connectivity index (χ0v) is 15.8. The summed E-state index contributed by atoms with van der Waals surface area (Å²) in [5, 5.41) is 7.13. The number of benzene rings is 1. The molecule has 1 aromatic carbocycles. The maximum Gasteiger partial charge on any atom is 0.573 e. The first-order valence-corrected chi connectivity index (χ1v) is 9.03. The van der Waals surface area contributed by atoms with Gasteiger partial charge in [0.15, 0.2) is 0 Å². The van der Waals surface area contributed by atoms with Crippen LogP contribution in [0.25, 0.3) is 0 Å². The maximum absolute atomic E-state index is 12.7. The molecule has 2 amide bonds. The first kappa shape index (κ1) is 20.0. The molecule has 2 aromatic rings. The van der Waals surface area contributed by atoms with Gasteiger partial charge in [-0.3, -0.25) is 4.68 Å². The Hall–Kier alpha value is -2.71. The van der Waals surface area contributed by atoms with Gasteiger partial charge in [-0.25, -0.2) is 4.79 Å². The van der Waals surface area contributed by atoms with E-state index in [4.69, 9.17) is 0 Å². The molecule has 2 heterocycles. The SMILES string of the molecule is Cn1ccc(CNC(=O)N2CCCC2(C)Cc2ccc(OC(F)(F)F)cc2)n1. The molecule has 1 N–H and O–H groups in total. The predicted octanol–water partition coefficient (Wildman–Crippen LogP) is 3.63. The van der Waals surface area contributed by atoms with E-state index in [0.29, 0.717) is 19.5 Å². The largest absolute Gasteiger partial charge is 0.573 e. The molecule has 28 heavy (non-hydrogen) atoms. The summed E-state index contributed by atoms with van der Waals surface area (Å²) in [5.74, 6) is -0.252. The van der Waals surface area contributed by atoms with Crippen molar-refractivity contribution in [1.82, 2.24) is 20.0 Å². The molecular weight excluding hydrogens is 373 g/mol. The molecule has 1 saturated heterocycles. The number of carbonyl (C=O) groups is 1. The quantitative estimate of drug-likeness (QED) is 0.840. The molecule has 1 fully saturated rings. The van der Waals surface area contributed by atoms with Crippen LogP contribution in [-0.2, 0) is 20.0 Å². The summed E-state index contributed by atoms with van der Waals surface area (Å²) in [5.41, 5.74) is 1.22. The molecule has 0 saturated carbocycles. The number of rotatable bonds is 5. The summed E-state index contributed by atoms with van der Waals surface area (Å²) in [7, 11) is 1.81. The van der Waals surface area contributed by atoms with Crippen molar-refractivity contribution in [3.05, 3.63) is 47.8 Å². The van der Waals surface area contributed by atoms with Crippen molar-refractivity contribution in [2.45, 2.75) is 44.6 Å². The number of aromatic nitrogens is 2. The average Bonchev–Trinajstić information content (AvgIpc) is 3.19. The summed E-state index contributed by atoms with van der Waals surface area (Å²) >= 11 is 0. The number of halogens is 3. The number of nitrogens with one attached hydrogen (secondary N) is 1. The molecule has 0 bridgehead atoms. The van der Waals surface area contributed by atoms with E-state index in [0.717, 1.165) is 24.1 Å². The highest BCUT2D eigenvalue weighted by atomic mass is 19.4. The number of ether oxygens (including phenoxy) is 1. The van der Waals surface area contributed by atoms with Crippen molar-refractivity contribution in [2.24, 2.45) is 7.05 Å². The van der Waals surface area contributed by atoms with Gasteiger partial charge in [-0.2, -0.15) is 5.10 Å². The summed E-state index contributed by atoms with van der Waals surface area (Å²) < 4.78 is 42.4. The highest BCUT2D eigenvalue weighted by Crippen LogP contribution is 2.33. The van der Waals surface area contributed by atoms with Crippen molar-refractivity contribution in [3.63, 3.8) is 0 Å². The lowest BCUT2D eigenvalue weighted by atomic mass is 9.90. The summed E-state index contributed by atoms with van der Waals surface area (Å²) in [6, 6.07) is 7.49. The fourth-order valence-electron chi connectivity index (χ4n) is 3.62. The molecule has 0 aliphatic carbocycles. The fourth-order valence-corrected chi connectivity index (χ4v) is 3.62. The number of hydrogen-bond donors (Lipinski definition) is 1. The highest BCUT2D eigenvalue weighted by Gasteiger charge is 2.39. The third-order valence-electron chi connectivity index (χ3n) is 4.93. The standard InChI is InChI=1S/C19H23F3N4O2/c1-18(12-14-4-6-16(7-5-14)28-19(20,21)22)9-3-10-26(18)17(27)23-13-15-8-11-25(2)24-15/h4-8,11H,3,9-10,12-13H2,1-2H3,(H,23,27). The number of alkyl halides is 3. The molecule has 0 spiro atoms. The van der Waals surface area contributed by atoms with Crippen LogP contribution >= 0.6 is 0 Å². The topological polar surface area (TPSA) is 59.4 Å². The summed E-state index contributed by atoms with van der Waals surface area (Å²) in [6.07, 6.45) is -0.640. The highest BCUT2D eigenvalue weighted by molar-refractivity contribution is 5.75. The van der Waals surface area contributed by atoms with E-state index in [1.54, 1.807) is 21.7 Å². The third kappa shape index (κ3) is 4.96. The zero-order chi connectivity index (χ0) is 20.4. The summed E-state index contributed by atoms with van der Waals surface area (Å²) in [4.78, 5) is 14.5. The Morgan fingerprint density at radius 1 is 1.29 bits per heavy atom. The Balaban J connectivity index is 1.62. The Morgan fingerprint density at radius 3 is 2.61 bits per heavy atom. The van der Waals surface area contributed by atoms with Gasteiger partial charge < -0.3 is 15.0 Å². The molecule has 1 unspecified atom stereocenters. The van der Waals surface area contributed by atoms with Crippen LogP contribution in [0.1, 0.15) is 31.0 Å². The number of aryl methyl sites for hydroxylation is 1. The van der Waals surface area contributed by atoms with E-state index >= 15 is 0 Å². The van der Waals surface area contributed by atoms with E-state index in [1.165, 1.54) is 12.1 Å². The zero-order valence-electron chi connectivity index (χ0n) is 15.8. The molecule has 6 nitrogen and oxygen atoms in total. The minimum Gasteiger partial charge on any atom is -0.406 e. The summed E-state index contributed by atoms with van der Waals surface area (Å²) in [6.45, 7) is 2.98. The monoisotopic (exact) mass is 396 g/mol. The van der Waals surface area contributed by atoms with Crippen LogP contribution in [0.5, 0.6) is 5.75 Å². The first-order valence-electron chi connectivity index (χ1n) is 9.03. The van der Waals surface area contributed by atoms with Gasteiger partial charge in [0.1, 0.15) is 5.75 Å². The second-order valence-corrected chi connectivity index (χ2v) is 7.26. The van der Waals surface area contributed by atoms with Crippen LogP contribution < -0.4 is 10.1 Å². The maximum atomic E-state index is 12.7. The number of amides is 2. The van der Waals surface area contributed by atoms with Crippen LogP contribution in [0.4, 0.5) is 18.0 Å². The van der Waals surface area contributed by atoms with Crippen molar-refractivity contribution in [2.75, 3.05) is 6.54 Å². The predicted molar refractivity (Wildman–Crippen MR) is 96.6 cm³/mol. The minimum atomic E-state index is -4.71. The smallest absolute Gasteiger partial charge is 0.406 e. The van der Waals surface area contributed by atoms with E-state index < -0.39 is 11.9 Å². The lowest BCUT2D eigenvalue weighted by Crippen LogP contribution is -2.50. The Kier molecular flexibility index (Phi) is 5.53. The molecular formula is C19H23F3N4O2. The number of likely N-dealkylation sites (tertiary alicyclic amines) is 1. The van der Waals surface area contributed by atoms with E-state index in [1.807, 2.05) is 26.2 Å². The van der Waals surface area contributed by atoms with Crippen LogP contribution in [0, 0.1) is 0 Å². The van der Waals surface area contributed by atoms with E-state index in [9.17, 15) is 18.0 Å². The van der Waals surface area contributed by atoms with Crippen molar-refractivity contribution >= 4 is 6.03 Å². The Labute approximate surface area is 161 Å². The van der Waals surface area contributed by atoms with Crippen molar-refractivity contribution in [1.29, 1.82) is 0 Å². The van der Waals surface area contributed by atoms with Crippen LogP contribution in [0.3, 0.4) is 0 Å². The number of urea groups is 1. The van der Waals surface area contributed by atoms with Crippen LogP contribution in [-0.4, -0.2) is 39.2 Å². The van der Waals surface area contributed by atoms with Crippen molar-refractivity contribution in [3.8, 4) is 5.75 Å². The molecule has 1 aliphatic rings. The number of hydrogen-bond acceptors (Lipinski definition) is 3. The Bertz CT molecular complexity index is 819. The van der Waals surface area contributed by atoms with Crippen LogP contribution in [0.2, 0.25) is 0 Å². The fraction of sp³-hybridized carbons (Fsp3) is 0.474. The molecule has 152 valence electrons. The van der Waals surface area contributed by atoms with Gasteiger partial charge in [0.05, 0.1) is 12.2 Å². The molecule has 3 rings (SSSR count). The van der Waals surface area contributed by atoms with Gasteiger partial charge in [0, 0.05) is 25.3 Å². The molecule has 1 atom stereocenters. The van der Waals surface area contributed by atoms with E-state index in [-0.39, 0.29) is 11.8 Å². The normalized spacial score (nSPS) is 19.7. The van der Waals surface area contributed by atoms with Gasteiger partial charge in [0.25, 0.3) is 0 Å². The van der Waals surface area contributed by atoms with E-state index in [2.05, 4.69) is 15.2 Å². The van der Waals surface area contributed by atoms with Gasteiger partial charge >= 0.3 is 12.4 Å². The minimum absolute atomic E-state index is 0.164. The third-order valence-corrected chi connectivity index (χ3v) is 4.93. The van der Waals surface area contributed by atoms with Gasteiger partial charge in [-0.1, -0.05) is 12.1 Å². The molecule has 1 aliphatic heterocycles. The van der Waals surface area contributed by atoms with Gasteiger partial charge in [-0.05, 0) is 49.9 Å². The number of nitrogens with zero attached hydrogens (tertiary/aromatic N) is 3. The lowest BCUT2D eigenvalue weighted by Gasteiger charge is -2.35. The lowest BCUT2D eigenvalue weighted by molar-refractivity contribution is -0.274. The Morgan fingerprint density at radius 2 is 2.00 bits per heavy atom. The van der Waals surface area contributed by atoms with Crippen LogP contribution in [0.15, 0.2) is 36.5 Å². The molecule has 0 radical (unpaired) electrons. The second kappa shape index (κ2) is 7.73. The average molecular weight is 396 g/mol. The number of carbonyl (C=O) groups excluding carboxylic acids is 1. The van der Waals surface area contributed by atoms with Crippen molar-refractivity contribution < 1.29 is 22.7 Å². The second-order valence-electron chi connectivity index (χ2n) is 7.26. The van der Waals surface area contributed by atoms with Gasteiger partial charge in [0.2, 0.25) is 0 Å². The molecule has 1 aromatic heterocycles. The van der Waals surface area contributed by atoms with Gasteiger partial charge in [-0.15, -0.1) is 13.2 Å². The first-order chi connectivity index (χ1) is 13.1.